The van der Waals surface area contributed by atoms with E-state index in [-0.39, 0.29) is 0 Å². The number of ether oxygens (including phenoxy) is 1. The molecule has 0 spiro atoms. The summed E-state index contributed by atoms with van der Waals surface area (Å²) in [6.07, 6.45) is 1.91. The summed E-state index contributed by atoms with van der Waals surface area (Å²) >= 11 is 0. The molecule has 0 amide bonds. The van der Waals surface area contributed by atoms with Crippen molar-refractivity contribution in [2.24, 2.45) is 0 Å². The van der Waals surface area contributed by atoms with Gasteiger partial charge in [-0.25, -0.2) is 4.98 Å². The van der Waals surface area contributed by atoms with Crippen LogP contribution in [-0.4, -0.2) is 43.2 Å². The molecule has 2 heterocycles. The Morgan fingerprint density at radius 2 is 2.12 bits per heavy atom. The van der Waals surface area contributed by atoms with E-state index in [0.717, 1.165) is 26.2 Å². The third-order valence-electron chi connectivity index (χ3n) is 3.15. The molecule has 4 nitrogen and oxygen atoms in total. The van der Waals surface area contributed by atoms with Crippen LogP contribution in [-0.2, 0) is 0 Å². The molecule has 4 heteroatoms. The Labute approximate surface area is 96.6 Å². The summed E-state index contributed by atoms with van der Waals surface area (Å²) < 4.78 is 5.06. The van der Waals surface area contributed by atoms with E-state index >= 15 is 0 Å². The Kier molecular flexibility index (Phi) is 3.74. The Bertz CT molecular complexity index is 320. The fourth-order valence-electron chi connectivity index (χ4n) is 2.04. The van der Waals surface area contributed by atoms with Gasteiger partial charge in [0.1, 0.15) is 0 Å². The van der Waals surface area contributed by atoms with Crippen molar-refractivity contribution < 1.29 is 4.74 Å². The van der Waals surface area contributed by atoms with Gasteiger partial charge in [0.25, 0.3) is 0 Å². The molecule has 0 bridgehead atoms. The Hall–Kier alpha value is -1.13. The first kappa shape index (κ1) is 11.4. The van der Waals surface area contributed by atoms with E-state index in [1.807, 2.05) is 12.3 Å². The van der Waals surface area contributed by atoms with Crippen LogP contribution in [0.1, 0.15) is 18.5 Å². The average Bonchev–Trinajstić information content (AvgIpc) is 2.39. The first-order chi connectivity index (χ1) is 7.81. The predicted octanol–water partition coefficient (Wildman–Crippen LogP) is 1.06. The Morgan fingerprint density at radius 3 is 2.69 bits per heavy atom. The van der Waals surface area contributed by atoms with Gasteiger partial charge in [0.15, 0.2) is 0 Å². The molecule has 1 atom stereocenters. The molecule has 0 saturated carbocycles. The normalized spacial score (nSPS) is 19.4. The maximum absolute atomic E-state index is 5.06. The molecule has 1 aromatic heterocycles. The molecule has 2 rings (SSSR count). The van der Waals surface area contributed by atoms with E-state index in [1.165, 1.54) is 5.56 Å². The van der Waals surface area contributed by atoms with Gasteiger partial charge in [-0.3, -0.25) is 4.90 Å². The van der Waals surface area contributed by atoms with Crippen molar-refractivity contribution in [3.63, 3.8) is 0 Å². The number of rotatable bonds is 3. The first-order valence-corrected chi connectivity index (χ1v) is 5.76. The molecule has 1 fully saturated rings. The van der Waals surface area contributed by atoms with Crippen molar-refractivity contribution in [3.05, 3.63) is 23.9 Å². The third-order valence-corrected chi connectivity index (χ3v) is 3.15. The zero-order valence-corrected chi connectivity index (χ0v) is 9.94. The number of hydrogen-bond acceptors (Lipinski definition) is 4. The van der Waals surface area contributed by atoms with Gasteiger partial charge in [-0.05, 0) is 12.5 Å². The lowest BCUT2D eigenvalue weighted by Crippen LogP contribution is -2.44. The number of nitrogens with zero attached hydrogens (tertiary/aromatic N) is 2. The minimum Gasteiger partial charge on any atom is -0.481 e. The summed E-state index contributed by atoms with van der Waals surface area (Å²) in [7, 11) is 1.64. The van der Waals surface area contributed by atoms with Gasteiger partial charge < -0.3 is 10.1 Å². The van der Waals surface area contributed by atoms with E-state index in [0.29, 0.717) is 11.9 Å². The second kappa shape index (κ2) is 5.27. The number of aromatic nitrogens is 1. The summed E-state index contributed by atoms with van der Waals surface area (Å²) in [5, 5.41) is 3.36. The average molecular weight is 221 g/mol. The van der Waals surface area contributed by atoms with Crippen molar-refractivity contribution in [1.29, 1.82) is 0 Å². The summed E-state index contributed by atoms with van der Waals surface area (Å²) in [6, 6.07) is 4.45. The summed E-state index contributed by atoms with van der Waals surface area (Å²) in [4.78, 5) is 6.72. The van der Waals surface area contributed by atoms with Crippen molar-refractivity contribution in [2.75, 3.05) is 33.3 Å². The van der Waals surface area contributed by atoms with Crippen LogP contribution in [0, 0.1) is 0 Å². The van der Waals surface area contributed by atoms with Crippen LogP contribution in [0.25, 0.3) is 0 Å². The Balaban J connectivity index is 2.04. The fraction of sp³-hybridized carbons (Fsp3) is 0.583. The van der Waals surface area contributed by atoms with Gasteiger partial charge in [0, 0.05) is 44.5 Å². The highest BCUT2D eigenvalue weighted by Crippen LogP contribution is 2.20. The van der Waals surface area contributed by atoms with E-state index in [4.69, 9.17) is 4.74 Å². The maximum Gasteiger partial charge on any atom is 0.212 e. The quantitative estimate of drug-likeness (QED) is 0.828. The summed E-state index contributed by atoms with van der Waals surface area (Å²) in [5.41, 5.74) is 1.25. The maximum atomic E-state index is 5.06. The molecule has 0 aliphatic carbocycles. The molecule has 1 saturated heterocycles. The largest absolute Gasteiger partial charge is 0.481 e. The zero-order valence-electron chi connectivity index (χ0n) is 9.94. The summed E-state index contributed by atoms with van der Waals surface area (Å²) in [5.74, 6) is 0.677. The molecule has 1 aromatic rings. The molecular formula is C12H19N3O. The van der Waals surface area contributed by atoms with Gasteiger partial charge in [0.2, 0.25) is 5.88 Å². The number of piperazine rings is 1. The lowest BCUT2D eigenvalue weighted by molar-refractivity contribution is 0.185. The monoisotopic (exact) mass is 221 g/mol. The highest BCUT2D eigenvalue weighted by molar-refractivity contribution is 5.20. The number of nitrogens with one attached hydrogen (secondary N) is 1. The van der Waals surface area contributed by atoms with E-state index in [9.17, 15) is 0 Å². The molecule has 1 N–H and O–H groups in total. The third kappa shape index (κ3) is 2.51. The van der Waals surface area contributed by atoms with Crippen molar-refractivity contribution >= 4 is 0 Å². The van der Waals surface area contributed by atoms with Gasteiger partial charge >= 0.3 is 0 Å². The molecule has 0 radical (unpaired) electrons. The van der Waals surface area contributed by atoms with Crippen molar-refractivity contribution in [3.8, 4) is 5.88 Å². The van der Waals surface area contributed by atoms with Crippen LogP contribution >= 0.6 is 0 Å². The minimum absolute atomic E-state index is 0.431. The van der Waals surface area contributed by atoms with E-state index < -0.39 is 0 Å². The van der Waals surface area contributed by atoms with Crippen LogP contribution in [0.2, 0.25) is 0 Å². The van der Waals surface area contributed by atoms with Crippen LogP contribution < -0.4 is 10.1 Å². The molecule has 1 aliphatic rings. The molecule has 0 unspecified atom stereocenters. The SMILES string of the molecule is COc1ccc([C@H](C)N2CCNCC2)cn1. The Morgan fingerprint density at radius 1 is 1.38 bits per heavy atom. The van der Waals surface area contributed by atoms with Gasteiger partial charge in [0.05, 0.1) is 7.11 Å². The summed E-state index contributed by atoms with van der Waals surface area (Å²) in [6.45, 7) is 6.59. The smallest absolute Gasteiger partial charge is 0.212 e. The number of methoxy groups -OCH3 is 1. The van der Waals surface area contributed by atoms with Crippen molar-refractivity contribution in [1.82, 2.24) is 15.2 Å². The van der Waals surface area contributed by atoms with Crippen LogP contribution in [0.3, 0.4) is 0 Å². The topological polar surface area (TPSA) is 37.4 Å². The minimum atomic E-state index is 0.431. The van der Waals surface area contributed by atoms with E-state index in [1.54, 1.807) is 7.11 Å². The standard InChI is InChI=1S/C12H19N3O/c1-10(15-7-5-13-6-8-15)11-3-4-12(16-2)14-9-11/h3-4,9-10,13H,5-8H2,1-2H3/t10-/m0/s1. The van der Waals surface area contributed by atoms with Gasteiger partial charge in [-0.1, -0.05) is 6.07 Å². The van der Waals surface area contributed by atoms with Crippen molar-refractivity contribution in [2.45, 2.75) is 13.0 Å². The predicted molar refractivity (Wildman–Crippen MR) is 63.6 cm³/mol. The zero-order chi connectivity index (χ0) is 11.4. The fourth-order valence-corrected chi connectivity index (χ4v) is 2.04. The highest BCUT2D eigenvalue weighted by atomic mass is 16.5. The van der Waals surface area contributed by atoms with E-state index in [2.05, 4.69) is 28.2 Å². The molecular weight excluding hydrogens is 202 g/mol. The molecule has 16 heavy (non-hydrogen) atoms. The van der Waals surface area contributed by atoms with Gasteiger partial charge in [-0.15, -0.1) is 0 Å². The van der Waals surface area contributed by atoms with Crippen LogP contribution in [0.5, 0.6) is 5.88 Å². The lowest BCUT2D eigenvalue weighted by atomic mass is 10.1. The second-order valence-electron chi connectivity index (χ2n) is 4.10. The first-order valence-electron chi connectivity index (χ1n) is 5.76. The highest BCUT2D eigenvalue weighted by Gasteiger charge is 2.17. The molecule has 0 aromatic carbocycles. The number of hydrogen-bond donors (Lipinski definition) is 1. The second-order valence-corrected chi connectivity index (χ2v) is 4.10. The van der Waals surface area contributed by atoms with Gasteiger partial charge in [-0.2, -0.15) is 0 Å². The van der Waals surface area contributed by atoms with Crippen LogP contribution in [0.4, 0.5) is 0 Å². The number of pyridine rings is 1. The lowest BCUT2D eigenvalue weighted by Gasteiger charge is -2.32. The van der Waals surface area contributed by atoms with Crippen LogP contribution in [0.15, 0.2) is 18.3 Å². The molecule has 88 valence electrons. The molecule has 1 aliphatic heterocycles.